The molecule has 0 unspecified atom stereocenters. The van der Waals surface area contributed by atoms with Crippen LogP contribution in [-0.2, 0) is 26.5 Å². The van der Waals surface area contributed by atoms with E-state index in [1.54, 1.807) is 0 Å². The number of hydrogen-bond donors (Lipinski definition) is 0. The van der Waals surface area contributed by atoms with E-state index < -0.39 is 19.9 Å². The van der Waals surface area contributed by atoms with Gasteiger partial charge in [-0.3, -0.25) is 4.98 Å². The Morgan fingerprint density at radius 2 is 1.43 bits per heavy atom. The van der Waals surface area contributed by atoms with Gasteiger partial charge in [-0.05, 0) is 100 Å². The summed E-state index contributed by atoms with van der Waals surface area (Å²) >= 11 is 0. The second-order valence-electron chi connectivity index (χ2n) is 19.0. The van der Waals surface area contributed by atoms with Crippen molar-refractivity contribution in [3.8, 4) is 39.5 Å². The quantitative estimate of drug-likeness (QED) is 0.112. The monoisotopic (exact) mass is 1030 g/mol. The molecule has 0 N–H and O–H groups in total. The van der Waals surface area contributed by atoms with Crippen molar-refractivity contribution in [2.75, 3.05) is 0 Å². The number of benzene rings is 5. The van der Waals surface area contributed by atoms with Crippen LogP contribution in [0.4, 0.5) is 0 Å². The number of furan rings is 1. The fraction of sp³-hybridized carbons (Fsp3) is 0.268. The van der Waals surface area contributed by atoms with E-state index in [0.717, 1.165) is 66.5 Å². The molecule has 7 heteroatoms. The molecule has 0 aliphatic heterocycles. The van der Waals surface area contributed by atoms with Crippen molar-refractivity contribution >= 4 is 46.4 Å². The molecule has 0 aliphatic carbocycles. The predicted molar refractivity (Wildman–Crippen MR) is 263 cm³/mol. The zero-order chi connectivity index (χ0) is 45.7. The van der Waals surface area contributed by atoms with E-state index in [4.69, 9.17) is 12.1 Å². The third kappa shape index (κ3) is 9.57. The molecule has 0 saturated heterocycles. The summed E-state index contributed by atoms with van der Waals surface area (Å²) in [5.74, 6) is 1.40. The largest absolute Gasteiger partial charge is 0.486 e. The number of hydrogen-bond acceptors (Lipinski definition) is 4. The van der Waals surface area contributed by atoms with Crippen LogP contribution in [0.1, 0.15) is 85.4 Å². The number of aromatic nitrogens is 4. The third-order valence-electron chi connectivity index (χ3n) is 11.2. The molecule has 5 aromatic carbocycles. The first-order valence-electron chi connectivity index (χ1n) is 22.7. The molecular formula is C56H58IrN4OSi-2. The number of imidazole rings is 1. The van der Waals surface area contributed by atoms with Gasteiger partial charge in [0.25, 0.3) is 0 Å². The fourth-order valence-electron chi connectivity index (χ4n) is 8.18. The number of nitrogens with zero attached hydrogens (tertiary/aromatic N) is 4. The molecular weight excluding hydrogens is 965 g/mol. The number of fused-ring (bicyclic) bond motifs is 4. The van der Waals surface area contributed by atoms with Crippen LogP contribution in [0.25, 0.3) is 72.6 Å². The summed E-state index contributed by atoms with van der Waals surface area (Å²) < 4.78 is 26.3. The minimum absolute atomic E-state index is 0. The zero-order valence-corrected chi connectivity index (χ0v) is 41.7. The van der Waals surface area contributed by atoms with Crippen LogP contribution >= 0.6 is 0 Å². The summed E-state index contributed by atoms with van der Waals surface area (Å²) in [6.07, 6.45) is 0.469. The molecule has 0 aliphatic rings. The van der Waals surface area contributed by atoms with E-state index in [1.165, 1.54) is 27.9 Å². The smallest absolute Gasteiger partial charge is 0.216 e. The average molecular weight is 1030 g/mol. The minimum atomic E-state index is -1.70. The number of pyridine rings is 2. The third-order valence-corrected chi connectivity index (χ3v) is 13.2. The molecule has 0 spiro atoms. The van der Waals surface area contributed by atoms with Crippen molar-refractivity contribution in [1.82, 2.24) is 19.5 Å². The summed E-state index contributed by atoms with van der Waals surface area (Å²) in [7, 11) is -1.70. The number of aryl methyl sites for hydroxylation is 1. The van der Waals surface area contributed by atoms with Gasteiger partial charge in [0.2, 0.25) is 5.71 Å². The van der Waals surface area contributed by atoms with Gasteiger partial charge in [-0.1, -0.05) is 133 Å². The van der Waals surface area contributed by atoms with Gasteiger partial charge >= 0.3 is 0 Å². The Morgan fingerprint density at radius 3 is 2.08 bits per heavy atom. The SMILES string of the molecule is Cc1ccc2c(n1)oc1c(-c3nc4ccccc4n3-c3c(C(C)C)cc(-c4ccccc4)cc3C(C)C)[c-]ccc12.[2H]C([2H])(c1cc(-c2[c-]cccc2)ncc1[Si](C)(C)C)C(C)(C)C.[Ir]. The summed E-state index contributed by atoms with van der Waals surface area (Å²) in [5.41, 5.74) is 13.4. The van der Waals surface area contributed by atoms with Crippen molar-refractivity contribution in [2.24, 2.45) is 5.41 Å². The van der Waals surface area contributed by atoms with Gasteiger partial charge in [-0.25, -0.2) is 4.98 Å². The van der Waals surface area contributed by atoms with Gasteiger partial charge in [0.15, 0.2) is 0 Å². The first-order chi connectivity index (χ1) is 30.3. The Hall–Kier alpha value is -5.46. The Labute approximate surface area is 391 Å². The molecule has 323 valence electrons. The molecule has 1 radical (unpaired) electrons. The maximum atomic E-state index is 8.75. The average Bonchev–Trinajstić information content (AvgIpc) is 3.84. The van der Waals surface area contributed by atoms with Gasteiger partial charge in [0, 0.05) is 45.8 Å². The van der Waals surface area contributed by atoms with Crippen LogP contribution < -0.4 is 5.19 Å². The van der Waals surface area contributed by atoms with Crippen molar-refractivity contribution in [3.05, 3.63) is 162 Å². The van der Waals surface area contributed by atoms with Crippen molar-refractivity contribution in [1.29, 1.82) is 0 Å². The standard InChI is InChI=1S/C37H32N3O.C19H26NSi.Ir/c1-22(2)30-20-26(25-12-7-6-8-13-25)21-31(23(3)4)34(30)40-33-17-10-9-16-32(33)39-36(40)29-15-11-14-27-28-19-18-24(5)38-37(28)41-35(27)29;1-19(2,3)13-16-12-17(15-10-8-7-9-11-15)20-14-18(16)21(4,5)6;/h6-14,16-23H,1-5H3;7-10,12,14H,13H2,1-6H3;/q2*-1;/i;13D2;. The van der Waals surface area contributed by atoms with Gasteiger partial charge in [0.1, 0.15) is 0 Å². The predicted octanol–water partition coefficient (Wildman–Crippen LogP) is 14.7. The first-order valence-corrected chi connectivity index (χ1v) is 25.2. The molecule has 9 aromatic rings. The van der Waals surface area contributed by atoms with Crippen LogP contribution in [0.15, 0.2) is 132 Å². The van der Waals surface area contributed by atoms with Crippen molar-refractivity contribution in [2.45, 2.75) is 93.2 Å². The van der Waals surface area contributed by atoms with E-state index in [0.29, 0.717) is 17.5 Å². The van der Waals surface area contributed by atoms with Gasteiger partial charge in [-0.15, -0.1) is 54.1 Å². The normalized spacial score (nSPS) is 12.7. The van der Waals surface area contributed by atoms with Gasteiger partial charge < -0.3 is 14.0 Å². The van der Waals surface area contributed by atoms with Gasteiger partial charge in [0.05, 0.1) is 30.5 Å². The van der Waals surface area contributed by atoms with Crippen molar-refractivity contribution in [3.63, 3.8) is 0 Å². The maximum Gasteiger partial charge on any atom is 0.216 e. The fourth-order valence-corrected chi connectivity index (χ4v) is 9.57. The van der Waals surface area contributed by atoms with Crippen LogP contribution in [0, 0.1) is 24.5 Å². The summed E-state index contributed by atoms with van der Waals surface area (Å²) in [6.45, 7) is 23.7. The molecule has 0 atom stereocenters. The van der Waals surface area contributed by atoms with Crippen LogP contribution in [0.2, 0.25) is 19.6 Å². The van der Waals surface area contributed by atoms with E-state index in [9.17, 15) is 0 Å². The van der Waals surface area contributed by atoms with Crippen LogP contribution in [0.3, 0.4) is 0 Å². The Morgan fingerprint density at radius 1 is 0.746 bits per heavy atom. The number of rotatable bonds is 8. The first kappa shape index (κ1) is 42.8. The second-order valence-corrected chi connectivity index (χ2v) is 24.0. The maximum absolute atomic E-state index is 8.75. The molecule has 0 fully saturated rings. The minimum Gasteiger partial charge on any atom is -0.486 e. The van der Waals surface area contributed by atoms with Crippen LogP contribution in [0.5, 0.6) is 0 Å². The van der Waals surface area contributed by atoms with Crippen molar-refractivity contribution < 1.29 is 27.3 Å². The molecule has 63 heavy (non-hydrogen) atoms. The van der Waals surface area contributed by atoms with Gasteiger partial charge in [-0.2, -0.15) is 0 Å². The van der Waals surface area contributed by atoms with E-state index in [1.807, 2.05) is 82.4 Å². The summed E-state index contributed by atoms with van der Waals surface area (Å²) in [4.78, 5) is 14.5. The van der Waals surface area contributed by atoms with E-state index in [-0.39, 0.29) is 20.1 Å². The summed E-state index contributed by atoms with van der Waals surface area (Å²) in [6, 6.07) is 48.2. The molecule has 4 heterocycles. The Kier molecular flexibility index (Phi) is 12.5. The molecule has 9 rings (SSSR count). The Bertz CT molecular complexity index is 3100. The molecule has 0 amide bonds. The van der Waals surface area contributed by atoms with Crippen LogP contribution in [-0.4, -0.2) is 27.6 Å². The zero-order valence-electron chi connectivity index (χ0n) is 40.3. The summed E-state index contributed by atoms with van der Waals surface area (Å²) in [5, 5.41) is 3.12. The molecule has 4 aromatic heterocycles. The Balaban J connectivity index is 0.000000225. The topological polar surface area (TPSA) is 56.7 Å². The molecule has 5 nitrogen and oxygen atoms in total. The second kappa shape index (κ2) is 18.3. The molecule has 0 bridgehead atoms. The number of para-hydroxylation sites is 2. The molecule has 0 saturated carbocycles. The van der Waals surface area contributed by atoms with E-state index in [2.05, 4.69) is 147 Å². The van der Waals surface area contributed by atoms with E-state index >= 15 is 0 Å².